The van der Waals surface area contributed by atoms with Crippen LogP contribution < -0.4 is 5.32 Å². The highest BCUT2D eigenvalue weighted by Crippen LogP contribution is 2.39. The summed E-state index contributed by atoms with van der Waals surface area (Å²) in [6.07, 6.45) is 0.330. The van der Waals surface area contributed by atoms with Gasteiger partial charge in [0.1, 0.15) is 12.1 Å². The molecule has 8 heteroatoms. The number of nitrogens with one attached hydrogen (secondary N) is 1. The number of rotatable bonds is 5. The Morgan fingerprint density at radius 1 is 1.37 bits per heavy atom. The second-order valence-electron chi connectivity index (χ2n) is 8.99. The zero-order valence-electron chi connectivity index (χ0n) is 17.7. The number of halogens is 2. The molecule has 2 unspecified atom stereocenters. The van der Waals surface area contributed by atoms with Crippen molar-refractivity contribution in [3.05, 3.63) is 30.0 Å². The number of anilines is 1. The van der Waals surface area contributed by atoms with Crippen molar-refractivity contribution in [1.29, 1.82) is 0 Å². The number of hydrogen-bond donors (Lipinski definition) is 2. The molecule has 1 heterocycles. The number of ether oxygens (including phenoxy) is 1. The maximum absolute atomic E-state index is 13.4. The molecule has 1 aromatic carbocycles. The Morgan fingerprint density at radius 2 is 2.07 bits per heavy atom. The summed E-state index contributed by atoms with van der Waals surface area (Å²) in [5, 5.41) is 13.5. The normalized spacial score (nSPS) is 19.6. The van der Waals surface area contributed by atoms with Crippen LogP contribution in [0.5, 0.6) is 0 Å². The first-order valence-electron chi connectivity index (χ1n) is 10.1. The standard InChI is InChI=1S/C22H28F2N2O4/c1-13(27)17-11-26(12-19(28)30-21(2,3)4)18-6-5-15(9-16(17)18)25-20(29)14-7-8-22(23,24)10-14/h5-6,9,11,13-14,27H,7-8,10,12H2,1-4H3,(H,25,29). The van der Waals surface area contributed by atoms with E-state index in [9.17, 15) is 23.5 Å². The molecule has 1 aliphatic rings. The molecule has 1 amide bonds. The Kier molecular flexibility index (Phi) is 5.91. The van der Waals surface area contributed by atoms with Crippen LogP contribution in [0.4, 0.5) is 14.5 Å². The lowest BCUT2D eigenvalue weighted by Crippen LogP contribution is -2.26. The van der Waals surface area contributed by atoms with Crippen molar-refractivity contribution in [2.45, 2.75) is 71.1 Å². The highest BCUT2D eigenvalue weighted by Gasteiger charge is 2.42. The summed E-state index contributed by atoms with van der Waals surface area (Å²) >= 11 is 0. The van der Waals surface area contributed by atoms with Gasteiger partial charge in [-0.05, 0) is 52.3 Å². The molecule has 6 nitrogen and oxygen atoms in total. The molecule has 0 saturated heterocycles. The molecular formula is C22H28F2N2O4. The van der Waals surface area contributed by atoms with Crippen LogP contribution in [-0.4, -0.2) is 33.1 Å². The number of nitrogens with zero attached hydrogens (tertiary/aromatic N) is 1. The molecule has 2 atom stereocenters. The van der Waals surface area contributed by atoms with Crippen molar-refractivity contribution < 1.29 is 28.2 Å². The van der Waals surface area contributed by atoms with E-state index in [1.54, 1.807) is 56.7 Å². The summed E-state index contributed by atoms with van der Waals surface area (Å²) in [7, 11) is 0. The van der Waals surface area contributed by atoms with Gasteiger partial charge in [-0.1, -0.05) is 0 Å². The molecule has 164 valence electrons. The van der Waals surface area contributed by atoms with Gasteiger partial charge in [-0.2, -0.15) is 0 Å². The van der Waals surface area contributed by atoms with E-state index in [2.05, 4.69) is 5.32 Å². The van der Waals surface area contributed by atoms with E-state index in [4.69, 9.17) is 4.74 Å². The Hall–Kier alpha value is -2.48. The van der Waals surface area contributed by atoms with Crippen molar-refractivity contribution in [3.8, 4) is 0 Å². The largest absolute Gasteiger partial charge is 0.459 e. The van der Waals surface area contributed by atoms with E-state index in [0.717, 1.165) is 0 Å². The second kappa shape index (κ2) is 7.98. The van der Waals surface area contributed by atoms with E-state index in [-0.39, 0.29) is 19.4 Å². The van der Waals surface area contributed by atoms with E-state index in [1.165, 1.54) is 0 Å². The van der Waals surface area contributed by atoms with Crippen LogP contribution in [0.2, 0.25) is 0 Å². The lowest BCUT2D eigenvalue weighted by Gasteiger charge is -2.19. The van der Waals surface area contributed by atoms with Gasteiger partial charge in [0, 0.05) is 47.1 Å². The Labute approximate surface area is 174 Å². The number of aliphatic hydroxyl groups excluding tert-OH is 1. The van der Waals surface area contributed by atoms with Crippen LogP contribution in [0.25, 0.3) is 10.9 Å². The summed E-state index contributed by atoms with van der Waals surface area (Å²) in [5.41, 5.74) is 1.14. The minimum atomic E-state index is -2.79. The van der Waals surface area contributed by atoms with Gasteiger partial charge in [-0.15, -0.1) is 0 Å². The average Bonchev–Trinajstić information content (AvgIpc) is 3.13. The number of benzene rings is 1. The summed E-state index contributed by atoms with van der Waals surface area (Å²) in [4.78, 5) is 24.6. The highest BCUT2D eigenvalue weighted by molar-refractivity contribution is 5.96. The van der Waals surface area contributed by atoms with Crippen LogP contribution >= 0.6 is 0 Å². The van der Waals surface area contributed by atoms with Crippen LogP contribution in [0.15, 0.2) is 24.4 Å². The van der Waals surface area contributed by atoms with E-state index in [0.29, 0.717) is 22.2 Å². The van der Waals surface area contributed by atoms with Crippen molar-refractivity contribution >= 4 is 28.5 Å². The molecule has 0 radical (unpaired) electrons. The average molecular weight is 422 g/mol. The Morgan fingerprint density at radius 3 is 2.63 bits per heavy atom. The number of hydrogen-bond acceptors (Lipinski definition) is 4. The van der Waals surface area contributed by atoms with Gasteiger partial charge in [0.2, 0.25) is 11.8 Å². The lowest BCUT2D eigenvalue weighted by atomic mass is 10.1. The summed E-state index contributed by atoms with van der Waals surface area (Å²) < 4.78 is 33.9. The van der Waals surface area contributed by atoms with Gasteiger partial charge in [-0.3, -0.25) is 9.59 Å². The third kappa shape index (κ3) is 5.16. The monoisotopic (exact) mass is 422 g/mol. The number of carbonyl (C=O) groups is 2. The first-order valence-corrected chi connectivity index (χ1v) is 10.1. The molecule has 3 rings (SSSR count). The molecule has 0 spiro atoms. The molecule has 1 saturated carbocycles. The molecule has 2 N–H and O–H groups in total. The number of alkyl halides is 2. The third-order valence-electron chi connectivity index (χ3n) is 5.12. The molecule has 30 heavy (non-hydrogen) atoms. The molecule has 1 aromatic heterocycles. The van der Waals surface area contributed by atoms with E-state index >= 15 is 0 Å². The summed E-state index contributed by atoms with van der Waals surface area (Å²) in [6, 6.07) is 5.07. The number of amides is 1. The second-order valence-corrected chi connectivity index (χ2v) is 8.99. The van der Waals surface area contributed by atoms with Gasteiger partial charge in [0.05, 0.1) is 6.10 Å². The molecule has 2 aromatic rings. The summed E-state index contributed by atoms with van der Waals surface area (Å²) in [6.45, 7) is 6.95. The predicted molar refractivity (Wildman–Crippen MR) is 109 cm³/mol. The number of esters is 1. The van der Waals surface area contributed by atoms with Crippen molar-refractivity contribution in [3.63, 3.8) is 0 Å². The fourth-order valence-corrected chi connectivity index (χ4v) is 3.80. The number of aromatic nitrogens is 1. The maximum Gasteiger partial charge on any atom is 0.326 e. The van der Waals surface area contributed by atoms with Crippen LogP contribution in [-0.2, 0) is 20.9 Å². The first kappa shape index (κ1) is 22.2. The Bertz CT molecular complexity index is 960. The number of fused-ring (bicyclic) bond motifs is 1. The minimum absolute atomic E-state index is 0.0245. The topological polar surface area (TPSA) is 80.6 Å². The van der Waals surface area contributed by atoms with Crippen molar-refractivity contribution in [2.24, 2.45) is 5.92 Å². The van der Waals surface area contributed by atoms with Gasteiger partial charge in [0.15, 0.2) is 0 Å². The summed E-state index contributed by atoms with van der Waals surface area (Å²) in [5.74, 6) is -4.34. The minimum Gasteiger partial charge on any atom is -0.459 e. The van der Waals surface area contributed by atoms with Gasteiger partial charge in [0.25, 0.3) is 0 Å². The quantitative estimate of drug-likeness (QED) is 0.700. The van der Waals surface area contributed by atoms with Gasteiger partial charge >= 0.3 is 5.97 Å². The smallest absolute Gasteiger partial charge is 0.326 e. The SMILES string of the molecule is CC(O)c1cn(CC(=O)OC(C)(C)C)c2ccc(NC(=O)C3CCC(F)(F)C3)cc12. The first-order chi connectivity index (χ1) is 13.8. The van der Waals surface area contributed by atoms with Crippen LogP contribution in [0.1, 0.15) is 58.6 Å². The highest BCUT2D eigenvalue weighted by atomic mass is 19.3. The number of carbonyl (C=O) groups excluding carboxylic acids is 2. The Balaban J connectivity index is 1.84. The predicted octanol–water partition coefficient (Wildman–Crippen LogP) is 4.41. The fourth-order valence-electron chi connectivity index (χ4n) is 3.80. The fraction of sp³-hybridized carbons (Fsp3) is 0.545. The molecular weight excluding hydrogens is 394 g/mol. The molecule has 0 bridgehead atoms. The van der Waals surface area contributed by atoms with Gasteiger partial charge < -0.3 is 19.7 Å². The van der Waals surface area contributed by atoms with Crippen molar-refractivity contribution in [1.82, 2.24) is 4.57 Å². The zero-order chi connectivity index (χ0) is 22.3. The zero-order valence-corrected chi connectivity index (χ0v) is 17.7. The molecule has 1 aliphatic carbocycles. The molecule has 1 fully saturated rings. The lowest BCUT2D eigenvalue weighted by molar-refractivity contribution is -0.155. The van der Waals surface area contributed by atoms with Crippen LogP contribution in [0.3, 0.4) is 0 Å². The van der Waals surface area contributed by atoms with Crippen LogP contribution in [0, 0.1) is 5.92 Å². The number of aliphatic hydroxyl groups is 1. The molecule has 0 aliphatic heterocycles. The maximum atomic E-state index is 13.4. The van der Waals surface area contributed by atoms with E-state index < -0.39 is 41.8 Å². The van der Waals surface area contributed by atoms with Gasteiger partial charge in [-0.25, -0.2) is 8.78 Å². The van der Waals surface area contributed by atoms with Crippen molar-refractivity contribution in [2.75, 3.05) is 5.32 Å². The van der Waals surface area contributed by atoms with E-state index in [1.807, 2.05) is 0 Å². The third-order valence-corrected chi connectivity index (χ3v) is 5.12.